The van der Waals surface area contributed by atoms with Crippen LogP contribution in [0.5, 0.6) is 0 Å². The third kappa shape index (κ3) is 1.51. The largest absolute Gasteiger partial charge is 0.478 e. The Balaban J connectivity index is 2.36. The number of aromatic nitrogens is 2. The molecule has 3 rings (SSSR count). The first-order valence-electron chi connectivity index (χ1n) is 5.65. The second kappa shape index (κ2) is 3.56. The van der Waals surface area contributed by atoms with Crippen LogP contribution in [0.15, 0.2) is 18.2 Å². The average molecular weight is 231 g/mol. The molecule has 0 aliphatic heterocycles. The van der Waals surface area contributed by atoms with Gasteiger partial charge >= 0.3 is 5.97 Å². The predicted octanol–water partition coefficient (Wildman–Crippen LogP) is 1.53. The maximum atomic E-state index is 11.2. The van der Waals surface area contributed by atoms with E-state index >= 15 is 0 Å². The molecule has 0 bridgehead atoms. The van der Waals surface area contributed by atoms with Crippen LogP contribution in [0.3, 0.4) is 0 Å². The smallest absolute Gasteiger partial charge is 0.337 e. The van der Waals surface area contributed by atoms with Crippen LogP contribution in [-0.2, 0) is 6.54 Å². The van der Waals surface area contributed by atoms with Crippen LogP contribution >= 0.6 is 0 Å². The van der Waals surface area contributed by atoms with Crippen LogP contribution in [0.2, 0.25) is 0 Å². The van der Waals surface area contributed by atoms with E-state index in [-0.39, 0.29) is 0 Å². The molecule has 1 aromatic carbocycles. The Bertz CT molecular complexity index is 599. The van der Waals surface area contributed by atoms with Gasteiger partial charge in [-0.25, -0.2) is 9.78 Å². The van der Waals surface area contributed by atoms with E-state index in [0.29, 0.717) is 23.7 Å². The Morgan fingerprint density at radius 1 is 1.53 bits per heavy atom. The van der Waals surface area contributed by atoms with Crippen LogP contribution in [0.1, 0.15) is 35.1 Å². The summed E-state index contributed by atoms with van der Waals surface area (Å²) in [6.07, 6.45) is 2.15. The number of benzene rings is 1. The highest BCUT2D eigenvalue weighted by Gasteiger charge is 2.29. The van der Waals surface area contributed by atoms with Crippen molar-refractivity contribution in [3.63, 3.8) is 0 Å². The topological polar surface area (TPSA) is 81.1 Å². The molecule has 5 heteroatoms. The Morgan fingerprint density at radius 2 is 2.29 bits per heavy atom. The van der Waals surface area contributed by atoms with E-state index in [4.69, 9.17) is 5.73 Å². The summed E-state index contributed by atoms with van der Waals surface area (Å²) in [6.45, 7) is 0.338. The monoisotopic (exact) mass is 231 g/mol. The normalized spacial score (nSPS) is 15.4. The average Bonchev–Trinajstić information content (AvgIpc) is 3.08. The van der Waals surface area contributed by atoms with Crippen LogP contribution < -0.4 is 5.73 Å². The van der Waals surface area contributed by atoms with E-state index < -0.39 is 5.97 Å². The summed E-state index contributed by atoms with van der Waals surface area (Å²) in [4.78, 5) is 15.6. The summed E-state index contributed by atoms with van der Waals surface area (Å²) in [5.41, 5.74) is 7.41. The highest BCUT2D eigenvalue weighted by Crippen LogP contribution is 2.39. The number of aromatic carboxylic acids is 1. The van der Waals surface area contributed by atoms with Crippen molar-refractivity contribution in [2.75, 3.05) is 0 Å². The minimum atomic E-state index is -0.916. The second-order valence-corrected chi connectivity index (χ2v) is 4.31. The van der Waals surface area contributed by atoms with Gasteiger partial charge in [0, 0.05) is 6.04 Å². The molecule has 5 nitrogen and oxygen atoms in total. The Morgan fingerprint density at radius 3 is 2.88 bits per heavy atom. The molecule has 1 fully saturated rings. The second-order valence-electron chi connectivity index (χ2n) is 4.31. The minimum absolute atomic E-state index is 0.307. The zero-order valence-corrected chi connectivity index (χ0v) is 9.26. The zero-order valence-electron chi connectivity index (χ0n) is 9.26. The maximum Gasteiger partial charge on any atom is 0.337 e. The fraction of sp³-hybridized carbons (Fsp3) is 0.333. The van der Waals surface area contributed by atoms with Crippen molar-refractivity contribution in [2.24, 2.45) is 5.73 Å². The number of nitrogens with zero attached hydrogens (tertiary/aromatic N) is 2. The number of imidazole rings is 1. The van der Waals surface area contributed by atoms with Gasteiger partial charge in [0.1, 0.15) is 5.82 Å². The van der Waals surface area contributed by atoms with Crippen LogP contribution in [0, 0.1) is 0 Å². The van der Waals surface area contributed by atoms with Gasteiger partial charge in [0.25, 0.3) is 0 Å². The fourth-order valence-electron chi connectivity index (χ4n) is 2.24. The summed E-state index contributed by atoms with van der Waals surface area (Å²) in [5.74, 6) is -0.142. The number of rotatable bonds is 3. The lowest BCUT2D eigenvalue weighted by Crippen LogP contribution is -2.09. The molecule has 0 atom stereocenters. The molecule has 1 heterocycles. The Labute approximate surface area is 97.9 Å². The van der Waals surface area contributed by atoms with Gasteiger partial charge in [-0.15, -0.1) is 0 Å². The third-order valence-corrected chi connectivity index (χ3v) is 3.11. The third-order valence-electron chi connectivity index (χ3n) is 3.11. The van der Waals surface area contributed by atoms with Gasteiger partial charge in [-0.1, -0.05) is 6.07 Å². The van der Waals surface area contributed by atoms with E-state index in [1.54, 1.807) is 12.1 Å². The molecule has 0 radical (unpaired) electrons. The first kappa shape index (κ1) is 10.3. The number of hydrogen-bond donors (Lipinski definition) is 2. The highest BCUT2D eigenvalue weighted by molar-refractivity contribution is 6.01. The lowest BCUT2D eigenvalue weighted by atomic mass is 10.2. The first-order valence-corrected chi connectivity index (χ1v) is 5.65. The predicted molar refractivity (Wildman–Crippen MR) is 62.9 cm³/mol. The van der Waals surface area contributed by atoms with Crippen molar-refractivity contribution in [2.45, 2.75) is 25.4 Å². The van der Waals surface area contributed by atoms with Crippen molar-refractivity contribution >= 4 is 17.0 Å². The number of nitrogens with two attached hydrogens (primary N) is 1. The summed E-state index contributed by atoms with van der Waals surface area (Å²) in [7, 11) is 0. The van der Waals surface area contributed by atoms with Crippen molar-refractivity contribution in [1.82, 2.24) is 9.55 Å². The number of fused-ring (bicyclic) bond motifs is 1. The van der Waals surface area contributed by atoms with Crippen LogP contribution in [0.25, 0.3) is 11.0 Å². The molecule has 1 aromatic heterocycles. The van der Waals surface area contributed by atoms with Crippen molar-refractivity contribution < 1.29 is 9.90 Å². The molecule has 88 valence electrons. The Kier molecular flexibility index (Phi) is 2.16. The molecular weight excluding hydrogens is 218 g/mol. The number of hydrogen-bond acceptors (Lipinski definition) is 3. The quantitative estimate of drug-likeness (QED) is 0.839. The lowest BCUT2D eigenvalue weighted by molar-refractivity contribution is 0.0698. The van der Waals surface area contributed by atoms with Gasteiger partial charge in [-0.2, -0.15) is 0 Å². The molecule has 0 spiro atoms. The Hall–Kier alpha value is -1.88. The van der Waals surface area contributed by atoms with E-state index in [9.17, 15) is 9.90 Å². The van der Waals surface area contributed by atoms with Gasteiger partial charge in [-0.05, 0) is 25.0 Å². The standard InChI is InChI=1S/C12H13N3O2/c13-6-10-14-9-3-1-2-8(12(16)17)11(9)15(10)7-4-5-7/h1-3,7H,4-6,13H2,(H,16,17). The van der Waals surface area contributed by atoms with E-state index in [1.165, 1.54) is 0 Å². The van der Waals surface area contributed by atoms with Crippen LogP contribution in [0.4, 0.5) is 0 Å². The lowest BCUT2D eigenvalue weighted by Gasteiger charge is -2.07. The molecule has 1 aliphatic rings. The fourth-order valence-corrected chi connectivity index (χ4v) is 2.24. The summed E-state index contributed by atoms with van der Waals surface area (Å²) < 4.78 is 2.00. The number of carbonyl (C=O) groups is 1. The van der Waals surface area contributed by atoms with E-state index in [2.05, 4.69) is 4.98 Å². The number of carboxylic acids is 1. The van der Waals surface area contributed by atoms with Crippen molar-refractivity contribution in [1.29, 1.82) is 0 Å². The maximum absolute atomic E-state index is 11.2. The molecule has 0 saturated heterocycles. The zero-order chi connectivity index (χ0) is 12.0. The van der Waals surface area contributed by atoms with E-state index in [0.717, 1.165) is 24.2 Å². The molecule has 0 unspecified atom stereocenters. The van der Waals surface area contributed by atoms with Gasteiger partial charge in [0.05, 0.1) is 23.1 Å². The number of para-hydroxylation sites is 1. The van der Waals surface area contributed by atoms with Gasteiger partial charge in [-0.3, -0.25) is 0 Å². The van der Waals surface area contributed by atoms with Gasteiger partial charge in [0.2, 0.25) is 0 Å². The van der Waals surface area contributed by atoms with Crippen molar-refractivity contribution in [3.8, 4) is 0 Å². The van der Waals surface area contributed by atoms with Gasteiger partial charge < -0.3 is 15.4 Å². The molecule has 1 saturated carbocycles. The molecular formula is C12H13N3O2. The van der Waals surface area contributed by atoms with Crippen LogP contribution in [-0.4, -0.2) is 20.6 Å². The van der Waals surface area contributed by atoms with E-state index in [1.807, 2.05) is 10.6 Å². The van der Waals surface area contributed by atoms with Gasteiger partial charge in [0.15, 0.2) is 0 Å². The summed E-state index contributed by atoms with van der Waals surface area (Å²) in [6, 6.07) is 5.54. The SMILES string of the molecule is NCc1nc2cccc(C(=O)O)c2n1C1CC1. The molecule has 17 heavy (non-hydrogen) atoms. The summed E-state index contributed by atoms with van der Waals surface area (Å²) in [5, 5.41) is 9.22. The molecule has 2 aromatic rings. The molecule has 1 aliphatic carbocycles. The van der Waals surface area contributed by atoms with Crippen molar-refractivity contribution in [3.05, 3.63) is 29.6 Å². The first-order chi connectivity index (χ1) is 8.22. The summed E-state index contributed by atoms with van der Waals surface area (Å²) >= 11 is 0. The molecule has 3 N–H and O–H groups in total. The highest BCUT2D eigenvalue weighted by atomic mass is 16.4. The molecule has 0 amide bonds. The minimum Gasteiger partial charge on any atom is -0.478 e. The number of carboxylic acid groups (broad SMARTS) is 1.